The molecule has 0 aromatic heterocycles. The minimum Gasteiger partial charge on any atom is -0.355 e. The lowest BCUT2D eigenvalue weighted by Gasteiger charge is -2.14. The predicted molar refractivity (Wildman–Crippen MR) is 97.3 cm³/mol. The van der Waals surface area contributed by atoms with Crippen LogP contribution in [-0.2, 0) is 21.2 Å². The maximum absolute atomic E-state index is 13.2. The highest BCUT2D eigenvalue weighted by Gasteiger charge is 2.11. The van der Waals surface area contributed by atoms with Crippen molar-refractivity contribution in [1.82, 2.24) is 10.6 Å². The summed E-state index contributed by atoms with van der Waals surface area (Å²) in [7, 11) is -3.72. The second-order valence-electron chi connectivity index (χ2n) is 6.07. The highest BCUT2D eigenvalue weighted by molar-refractivity contribution is 7.89. The van der Waals surface area contributed by atoms with E-state index in [1.165, 1.54) is 18.2 Å². The zero-order valence-corrected chi connectivity index (χ0v) is 15.5. The Hall–Kier alpha value is -2.36. The minimum absolute atomic E-state index is 0.0184. The number of amides is 1. The van der Waals surface area contributed by atoms with Gasteiger partial charge in [-0.15, -0.1) is 0 Å². The second kappa shape index (κ2) is 9.03. The van der Waals surface area contributed by atoms with Gasteiger partial charge in [0.1, 0.15) is 0 Å². The van der Waals surface area contributed by atoms with E-state index >= 15 is 0 Å². The number of primary sulfonamides is 1. The maximum Gasteiger partial charge on any atom is 0.238 e. The lowest BCUT2D eigenvalue weighted by Crippen LogP contribution is -2.36. The molecule has 0 aliphatic carbocycles. The molecule has 2 rings (SSSR count). The summed E-state index contributed by atoms with van der Waals surface area (Å²) < 4.78 is 48.5. The van der Waals surface area contributed by atoms with Crippen molar-refractivity contribution in [3.8, 4) is 0 Å². The average molecular weight is 397 g/mol. The van der Waals surface area contributed by atoms with Crippen LogP contribution in [0.3, 0.4) is 0 Å². The number of carbonyl (C=O) groups is 1. The van der Waals surface area contributed by atoms with E-state index in [1.807, 2.05) is 0 Å². The van der Waals surface area contributed by atoms with E-state index in [0.717, 1.165) is 17.7 Å². The summed E-state index contributed by atoms with van der Waals surface area (Å²) in [5.74, 6) is -2.09. The number of sulfonamides is 1. The smallest absolute Gasteiger partial charge is 0.238 e. The fourth-order valence-electron chi connectivity index (χ4n) is 2.40. The van der Waals surface area contributed by atoms with Crippen molar-refractivity contribution in [2.75, 3.05) is 13.1 Å². The lowest BCUT2D eigenvalue weighted by molar-refractivity contribution is -0.120. The molecular formula is C18H21F2N3O3S. The van der Waals surface area contributed by atoms with Crippen molar-refractivity contribution in [1.29, 1.82) is 0 Å². The standard InChI is InChI=1S/C18H21F2N3O3S/c1-12(14-4-7-16(19)17(20)10-14)23-11-18(24)22-9-8-13-2-5-15(6-3-13)27(21,25)26/h2-7,10,12,23H,8-9,11H2,1H3,(H,22,24)(H2,21,25,26)/t12-/m0/s1. The van der Waals surface area contributed by atoms with Gasteiger partial charge >= 0.3 is 0 Å². The number of nitrogens with one attached hydrogen (secondary N) is 2. The molecule has 0 aliphatic rings. The van der Waals surface area contributed by atoms with Gasteiger partial charge in [0.05, 0.1) is 11.4 Å². The zero-order valence-electron chi connectivity index (χ0n) is 14.7. The highest BCUT2D eigenvalue weighted by atomic mass is 32.2. The summed E-state index contributed by atoms with van der Waals surface area (Å²) in [6.07, 6.45) is 0.523. The van der Waals surface area contributed by atoms with Crippen LogP contribution in [0.15, 0.2) is 47.4 Å². The van der Waals surface area contributed by atoms with Gasteiger partial charge in [0, 0.05) is 12.6 Å². The van der Waals surface area contributed by atoms with Crippen molar-refractivity contribution in [2.24, 2.45) is 5.14 Å². The number of nitrogens with two attached hydrogens (primary N) is 1. The summed E-state index contributed by atoms with van der Waals surface area (Å²) >= 11 is 0. The number of halogens is 2. The number of hydrogen-bond acceptors (Lipinski definition) is 4. The Bertz CT molecular complexity index is 903. The zero-order chi connectivity index (χ0) is 20.0. The van der Waals surface area contributed by atoms with Gasteiger partial charge in [-0.3, -0.25) is 4.79 Å². The molecule has 0 bridgehead atoms. The largest absolute Gasteiger partial charge is 0.355 e. The molecule has 1 amide bonds. The molecule has 0 radical (unpaired) electrons. The van der Waals surface area contributed by atoms with Crippen LogP contribution in [0, 0.1) is 11.6 Å². The van der Waals surface area contributed by atoms with E-state index in [4.69, 9.17) is 5.14 Å². The minimum atomic E-state index is -3.72. The van der Waals surface area contributed by atoms with Gasteiger partial charge < -0.3 is 10.6 Å². The molecule has 6 nitrogen and oxygen atoms in total. The van der Waals surface area contributed by atoms with E-state index in [9.17, 15) is 22.0 Å². The molecular weight excluding hydrogens is 376 g/mol. The summed E-state index contributed by atoms with van der Waals surface area (Å²) in [5.41, 5.74) is 1.39. The van der Waals surface area contributed by atoms with Crippen molar-refractivity contribution in [3.63, 3.8) is 0 Å². The second-order valence-corrected chi connectivity index (χ2v) is 7.63. The van der Waals surface area contributed by atoms with Crippen molar-refractivity contribution in [3.05, 3.63) is 65.2 Å². The SMILES string of the molecule is C[C@H](NCC(=O)NCCc1ccc(S(N)(=O)=O)cc1)c1ccc(F)c(F)c1. The van der Waals surface area contributed by atoms with Crippen LogP contribution in [-0.4, -0.2) is 27.4 Å². The van der Waals surface area contributed by atoms with Crippen LogP contribution in [0.25, 0.3) is 0 Å². The van der Waals surface area contributed by atoms with Crippen LogP contribution in [0.4, 0.5) is 8.78 Å². The van der Waals surface area contributed by atoms with E-state index in [-0.39, 0.29) is 23.4 Å². The normalized spacial score (nSPS) is 12.6. The molecule has 27 heavy (non-hydrogen) atoms. The van der Waals surface area contributed by atoms with Gasteiger partial charge in [-0.25, -0.2) is 22.3 Å². The van der Waals surface area contributed by atoms with E-state index in [1.54, 1.807) is 19.1 Å². The molecule has 4 N–H and O–H groups in total. The highest BCUT2D eigenvalue weighted by Crippen LogP contribution is 2.15. The van der Waals surface area contributed by atoms with Crippen LogP contribution in [0.2, 0.25) is 0 Å². The Balaban J connectivity index is 1.75. The molecule has 0 unspecified atom stereocenters. The van der Waals surface area contributed by atoms with Crippen LogP contribution in [0.5, 0.6) is 0 Å². The first kappa shape index (κ1) is 20.9. The third-order valence-electron chi connectivity index (χ3n) is 4.00. The fourth-order valence-corrected chi connectivity index (χ4v) is 2.92. The summed E-state index contributed by atoms with van der Waals surface area (Å²) in [4.78, 5) is 11.9. The number of benzene rings is 2. The molecule has 2 aromatic rings. The van der Waals surface area contributed by atoms with Crippen LogP contribution >= 0.6 is 0 Å². The summed E-state index contributed by atoms with van der Waals surface area (Å²) in [5, 5.41) is 10.7. The Morgan fingerprint density at radius 1 is 1.11 bits per heavy atom. The van der Waals surface area contributed by atoms with Gasteiger partial charge in [0.2, 0.25) is 15.9 Å². The van der Waals surface area contributed by atoms with E-state index < -0.39 is 21.7 Å². The van der Waals surface area contributed by atoms with Gasteiger partial charge in [-0.05, 0) is 48.7 Å². The van der Waals surface area contributed by atoms with Crippen molar-refractivity contribution >= 4 is 15.9 Å². The first-order valence-corrected chi connectivity index (χ1v) is 9.78. The molecule has 0 aliphatic heterocycles. The Morgan fingerprint density at radius 2 is 1.78 bits per heavy atom. The van der Waals surface area contributed by atoms with Crippen LogP contribution in [0.1, 0.15) is 24.1 Å². The van der Waals surface area contributed by atoms with E-state index in [0.29, 0.717) is 18.5 Å². The molecule has 0 fully saturated rings. The molecule has 0 spiro atoms. The molecule has 0 saturated heterocycles. The summed E-state index contributed by atoms with van der Waals surface area (Å²) in [6, 6.07) is 9.37. The summed E-state index contributed by atoms with van der Waals surface area (Å²) in [6.45, 7) is 2.13. The molecule has 1 atom stereocenters. The first-order valence-electron chi connectivity index (χ1n) is 8.23. The number of carbonyl (C=O) groups excluding carboxylic acids is 1. The monoisotopic (exact) mass is 397 g/mol. The van der Waals surface area contributed by atoms with Crippen molar-refractivity contribution < 1.29 is 22.0 Å². The number of hydrogen-bond donors (Lipinski definition) is 3. The maximum atomic E-state index is 13.2. The average Bonchev–Trinajstić information content (AvgIpc) is 2.61. The molecule has 0 heterocycles. The Labute approximate surface area is 156 Å². The van der Waals surface area contributed by atoms with Gasteiger partial charge in [-0.2, -0.15) is 0 Å². The van der Waals surface area contributed by atoms with Crippen LogP contribution < -0.4 is 15.8 Å². The molecule has 2 aromatic carbocycles. The fraction of sp³-hybridized carbons (Fsp3) is 0.278. The van der Waals surface area contributed by atoms with Gasteiger partial charge in [0.15, 0.2) is 11.6 Å². The topological polar surface area (TPSA) is 101 Å². The Kier molecular flexibility index (Phi) is 7.00. The van der Waals surface area contributed by atoms with Gasteiger partial charge in [-0.1, -0.05) is 18.2 Å². The Morgan fingerprint density at radius 3 is 2.37 bits per heavy atom. The lowest BCUT2D eigenvalue weighted by atomic mass is 10.1. The number of rotatable bonds is 8. The molecule has 9 heteroatoms. The molecule has 0 saturated carbocycles. The predicted octanol–water partition coefficient (Wildman–Crippen LogP) is 1.62. The van der Waals surface area contributed by atoms with Gasteiger partial charge in [0.25, 0.3) is 0 Å². The third-order valence-corrected chi connectivity index (χ3v) is 4.93. The third kappa shape index (κ3) is 6.38. The first-order chi connectivity index (χ1) is 12.7. The van der Waals surface area contributed by atoms with E-state index in [2.05, 4.69) is 10.6 Å². The quantitative estimate of drug-likeness (QED) is 0.630. The van der Waals surface area contributed by atoms with Crippen molar-refractivity contribution in [2.45, 2.75) is 24.3 Å². The molecule has 146 valence electrons.